The van der Waals surface area contributed by atoms with Crippen LogP contribution >= 0.6 is 11.6 Å². The number of rotatable bonds is 2. The Kier molecular flexibility index (Phi) is 4.95. The minimum atomic E-state index is -0.308. The molecule has 2 saturated heterocycles. The molecule has 132 valence electrons. The lowest BCUT2D eigenvalue weighted by molar-refractivity contribution is -0.139. The predicted octanol–water partition coefficient (Wildman–Crippen LogP) is 3.63. The standard InChI is InChI=1S/C19H28ClN3O/c1-19(2,3)18(24)23-12-10-22(11-13-23)17-7-6-15(14-16(17)20)21-8-4-5-9-21/h6-7,14H,4-5,8-13H2,1-3H3. The third kappa shape index (κ3) is 3.64. The van der Waals surface area contributed by atoms with Gasteiger partial charge in [0.05, 0.1) is 10.7 Å². The lowest BCUT2D eigenvalue weighted by Crippen LogP contribution is -2.51. The molecule has 0 aliphatic carbocycles. The molecule has 0 atom stereocenters. The predicted molar refractivity (Wildman–Crippen MR) is 101 cm³/mol. The fraction of sp³-hybridized carbons (Fsp3) is 0.632. The smallest absolute Gasteiger partial charge is 0.228 e. The normalized spacial score (nSPS) is 19.1. The van der Waals surface area contributed by atoms with Crippen LogP contribution in [0.5, 0.6) is 0 Å². The fourth-order valence-electron chi connectivity index (χ4n) is 3.55. The molecule has 4 nitrogen and oxygen atoms in total. The van der Waals surface area contributed by atoms with Gasteiger partial charge in [-0.3, -0.25) is 4.79 Å². The van der Waals surface area contributed by atoms with Crippen molar-refractivity contribution in [1.82, 2.24) is 4.90 Å². The van der Waals surface area contributed by atoms with Crippen molar-refractivity contribution in [2.24, 2.45) is 5.41 Å². The number of halogens is 1. The molecule has 0 spiro atoms. The van der Waals surface area contributed by atoms with Crippen molar-refractivity contribution in [1.29, 1.82) is 0 Å². The molecule has 0 unspecified atom stereocenters. The summed E-state index contributed by atoms with van der Waals surface area (Å²) in [6.45, 7) is 11.4. The van der Waals surface area contributed by atoms with E-state index in [1.165, 1.54) is 18.5 Å². The van der Waals surface area contributed by atoms with Crippen molar-refractivity contribution in [3.8, 4) is 0 Å². The number of benzene rings is 1. The Morgan fingerprint density at radius 2 is 1.58 bits per heavy atom. The van der Waals surface area contributed by atoms with E-state index in [1.807, 2.05) is 25.7 Å². The zero-order valence-corrected chi connectivity index (χ0v) is 15.8. The lowest BCUT2D eigenvalue weighted by atomic mass is 9.94. The Hall–Kier alpha value is -1.42. The van der Waals surface area contributed by atoms with Gasteiger partial charge in [-0.05, 0) is 31.0 Å². The van der Waals surface area contributed by atoms with Gasteiger partial charge >= 0.3 is 0 Å². The first-order chi connectivity index (χ1) is 11.4. The Morgan fingerprint density at radius 3 is 2.12 bits per heavy atom. The molecule has 2 fully saturated rings. The summed E-state index contributed by atoms with van der Waals surface area (Å²) >= 11 is 6.56. The highest BCUT2D eigenvalue weighted by molar-refractivity contribution is 6.33. The van der Waals surface area contributed by atoms with Gasteiger partial charge in [0, 0.05) is 50.4 Å². The SMILES string of the molecule is CC(C)(C)C(=O)N1CCN(c2ccc(N3CCCC3)cc2Cl)CC1. The van der Waals surface area contributed by atoms with E-state index in [1.54, 1.807) is 0 Å². The van der Waals surface area contributed by atoms with E-state index in [2.05, 4.69) is 28.0 Å². The second-order valence-electron chi connectivity index (χ2n) is 7.86. The van der Waals surface area contributed by atoms with Gasteiger partial charge in [0.1, 0.15) is 0 Å². The molecular formula is C19H28ClN3O. The van der Waals surface area contributed by atoms with E-state index in [9.17, 15) is 4.79 Å². The molecule has 1 amide bonds. The Labute approximate surface area is 150 Å². The van der Waals surface area contributed by atoms with Gasteiger partial charge in [0.2, 0.25) is 5.91 Å². The summed E-state index contributed by atoms with van der Waals surface area (Å²) in [6, 6.07) is 6.41. The number of amides is 1. The Bertz CT molecular complexity index is 597. The second kappa shape index (κ2) is 6.83. The van der Waals surface area contributed by atoms with E-state index >= 15 is 0 Å². The largest absolute Gasteiger partial charge is 0.371 e. The highest BCUT2D eigenvalue weighted by Crippen LogP contribution is 2.32. The van der Waals surface area contributed by atoms with Gasteiger partial charge in [-0.15, -0.1) is 0 Å². The molecule has 2 heterocycles. The van der Waals surface area contributed by atoms with Crippen molar-refractivity contribution in [2.75, 3.05) is 49.1 Å². The first kappa shape index (κ1) is 17.4. The average Bonchev–Trinajstić information content (AvgIpc) is 3.08. The van der Waals surface area contributed by atoms with Crippen molar-refractivity contribution < 1.29 is 4.79 Å². The van der Waals surface area contributed by atoms with Crippen LogP contribution in [0.3, 0.4) is 0 Å². The van der Waals surface area contributed by atoms with E-state index in [4.69, 9.17) is 11.6 Å². The number of carbonyl (C=O) groups excluding carboxylic acids is 1. The summed E-state index contributed by atoms with van der Waals surface area (Å²) in [5, 5.41) is 0.815. The first-order valence-corrected chi connectivity index (χ1v) is 9.33. The molecule has 1 aromatic rings. The molecule has 2 aliphatic heterocycles. The minimum Gasteiger partial charge on any atom is -0.371 e. The summed E-state index contributed by atoms with van der Waals surface area (Å²) in [4.78, 5) is 19.1. The summed E-state index contributed by atoms with van der Waals surface area (Å²) in [5.74, 6) is 0.234. The lowest BCUT2D eigenvalue weighted by Gasteiger charge is -2.39. The summed E-state index contributed by atoms with van der Waals surface area (Å²) in [7, 11) is 0. The maximum Gasteiger partial charge on any atom is 0.228 e. The molecule has 0 N–H and O–H groups in total. The third-order valence-electron chi connectivity index (χ3n) is 4.95. The van der Waals surface area contributed by atoms with Crippen molar-refractivity contribution in [3.63, 3.8) is 0 Å². The highest BCUT2D eigenvalue weighted by atomic mass is 35.5. The summed E-state index contributed by atoms with van der Waals surface area (Å²) < 4.78 is 0. The van der Waals surface area contributed by atoms with Crippen LogP contribution in [0.2, 0.25) is 5.02 Å². The zero-order valence-electron chi connectivity index (χ0n) is 15.0. The third-order valence-corrected chi connectivity index (χ3v) is 5.25. The monoisotopic (exact) mass is 349 g/mol. The van der Waals surface area contributed by atoms with Crippen LogP contribution in [0.4, 0.5) is 11.4 Å². The van der Waals surface area contributed by atoms with E-state index in [0.29, 0.717) is 0 Å². The zero-order chi connectivity index (χ0) is 17.3. The van der Waals surface area contributed by atoms with Crippen LogP contribution in [0.1, 0.15) is 33.6 Å². The highest BCUT2D eigenvalue weighted by Gasteiger charge is 2.30. The molecular weight excluding hydrogens is 322 g/mol. The van der Waals surface area contributed by atoms with Crippen molar-refractivity contribution >= 4 is 28.9 Å². The number of hydrogen-bond donors (Lipinski definition) is 0. The second-order valence-corrected chi connectivity index (χ2v) is 8.27. The number of nitrogens with zero attached hydrogens (tertiary/aromatic N) is 3. The average molecular weight is 350 g/mol. The topological polar surface area (TPSA) is 26.8 Å². The van der Waals surface area contributed by atoms with Gasteiger partial charge < -0.3 is 14.7 Å². The Balaban J connectivity index is 1.65. The van der Waals surface area contributed by atoms with Gasteiger partial charge in [-0.25, -0.2) is 0 Å². The van der Waals surface area contributed by atoms with E-state index < -0.39 is 0 Å². The molecule has 5 heteroatoms. The molecule has 24 heavy (non-hydrogen) atoms. The maximum absolute atomic E-state index is 12.4. The van der Waals surface area contributed by atoms with E-state index in [-0.39, 0.29) is 11.3 Å². The van der Waals surface area contributed by atoms with Crippen molar-refractivity contribution in [3.05, 3.63) is 23.2 Å². The van der Waals surface area contributed by atoms with Crippen LogP contribution in [-0.4, -0.2) is 50.1 Å². The van der Waals surface area contributed by atoms with E-state index in [0.717, 1.165) is 50.0 Å². The first-order valence-electron chi connectivity index (χ1n) is 8.95. The van der Waals surface area contributed by atoms with Crippen LogP contribution in [0.15, 0.2) is 18.2 Å². The summed E-state index contributed by atoms with van der Waals surface area (Å²) in [6.07, 6.45) is 2.53. The maximum atomic E-state index is 12.4. The molecule has 3 rings (SSSR count). The molecule has 1 aromatic carbocycles. The van der Waals surface area contributed by atoms with Gasteiger partial charge in [0.25, 0.3) is 0 Å². The molecule has 0 bridgehead atoms. The fourth-order valence-corrected chi connectivity index (χ4v) is 3.84. The Morgan fingerprint density at radius 1 is 0.958 bits per heavy atom. The number of anilines is 2. The van der Waals surface area contributed by atoms with Gasteiger partial charge in [-0.2, -0.15) is 0 Å². The van der Waals surface area contributed by atoms with Crippen LogP contribution in [0, 0.1) is 5.41 Å². The molecule has 0 saturated carbocycles. The van der Waals surface area contributed by atoms with Crippen LogP contribution in [0.25, 0.3) is 0 Å². The molecule has 2 aliphatic rings. The van der Waals surface area contributed by atoms with Crippen molar-refractivity contribution in [2.45, 2.75) is 33.6 Å². The summed E-state index contributed by atoms with van der Waals surface area (Å²) in [5.41, 5.74) is 2.00. The van der Waals surface area contributed by atoms with Gasteiger partial charge in [0.15, 0.2) is 0 Å². The number of carbonyl (C=O) groups is 1. The quantitative estimate of drug-likeness (QED) is 0.815. The minimum absolute atomic E-state index is 0.234. The van der Waals surface area contributed by atoms with Crippen LogP contribution in [-0.2, 0) is 4.79 Å². The van der Waals surface area contributed by atoms with Crippen LogP contribution < -0.4 is 9.80 Å². The number of piperazine rings is 1. The molecule has 0 radical (unpaired) electrons. The molecule has 0 aromatic heterocycles. The number of hydrogen-bond acceptors (Lipinski definition) is 3. The van der Waals surface area contributed by atoms with Gasteiger partial charge in [-0.1, -0.05) is 32.4 Å².